The molecule has 1 aromatic rings. The van der Waals surface area contributed by atoms with Gasteiger partial charge in [0, 0.05) is 13.2 Å². The SMILES string of the molecule is CCOC(=O)C(C)Nc1cc(N)nc(COC)n1. The van der Waals surface area contributed by atoms with Gasteiger partial charge >= 0.3 is 5.97 Å². The molecule has 0 radical (unpaired) electrons. The Labute approximate surface area is 106 Å². The van der Waals surface area contributed by atoms with Crippen molar-refractivity contribution in [2.24, 2.45) is 0 Å². The molecule has 0 saturated heterocycles. The number of esters is 1. The van der Waals surface area contributed by atoms with Crippen LogP contribution in [0.5, 0.6) is 0 Å². The van der Waals surface area contributed by atoms with E-state index in [4.69, 9.17) is 15.2 Å². The Morgan fingerprint density at radius 3 is 2.89 bits per heavy atom. The first-order valence-corrected chi connectivity index (χ1v) is 5.62. The highest BCUT2D eigenvalue weighted by Crippen LogP contribution is 2.10. The lowest BCUT2D eigenvalue weighted by molar-refractivity contribution is -0.143. The van der Waals surface area contributed by atoms with Crippen molar-refractivity contribution in [2.75, 3.05) is 24.8 Å². The minimum atomic E-state index is -0.505. The van der Waals surface area contributed by atoms with E-state index in [0.29, 0.717) is 24.1 Å². The summed E-state index contributed by atoms with van der Waals surface area (Å²) in [5, 5.41) is 2.90. The second-order valence-electron chi connectivity index (χ2n) is 3.65. The molecule has 0 bridgehead atoms. The average Bonchev–Trinajstić information content (AvgIpc) is 2.28. The lowest BCUT2D eigenvalue weighted by Gasteiger charge is -2.13. The van der Waals surface area contributed by atoms with Crippen molar-refractivity contribution >= 4 is 17.6 Å². The van der Waals surface area contributed by atoms with Gasteiger partial charge in [-0.2, -0.15) is 0 Å². The van der Waals surface area contributed by atoms with Gasteiger partial charge in [0.1, 0.15) is 24.3 Å². The van der Waals surface area contributed by atoms with E-state index in [-0.39, 0.29) is 12.6 Å². The van der Waals surface area contributed by atoms with E-state index < -0.39 is 6.04 Å². The normalized spacial score (nSPS) is 11.9. The number of carbonyl (C=O) groups is 1. The Kier molecular flexibility index (Phi) is 5.31. The van der Waals surface area contributed by atoms with Crippen LogP contribution in [-0.2, 0) is 20.9 Å². The van der Waals surface area contributed by atoms with Crippen molar-refractivity contribution in [3.63, 3.8) is 0 Å². The molecule has 3 N–H and O–H groups in total. The van der Waals surface area contributed by atoms with Crippen LogP contribution in [0.1, 0.15) is 19.7 Å². The standard InChI is InChI=1S/C11H18N4O3/c1-4-18-11(16)7(2)13-9-5-8(12)14-10(15-9)6-17-3/h5,7H,4,6H2,1-3H3,(H3,12,13,14,15). The summed E-state index contributed by atoms with van der Waals surface area (Å²) in [6.07, 6.45) is 0. The van der Waals surface area contributed by atoms with Crippen molar-refractivity contribution in [3.8, 4) is 0 Å². The number of anilines is 2. The molecule has 1 rings (SSSR count). The minimum Gasteiger partial charge on any atom is -0.464 e. The Morgan fingerprint density at radius 2 is 2.28 bits per heavy atom. The highest BCUT2D eigenvalue weighted by Gasteiger charge is 2.14. The Morgan fingerprint density at radius 1 is 1.56 bits per heavy atom. The molecule has 7 heteroatoms. The maximum absolute atomic E-state index is 11.5. The maximum atomic E-state index is 11.5. The van der Waals surface area contributed by atoms with Crippen LogP contribution in [0, 0.1) is 0 Å². The second kappa shape index (κ2) is 6.75. The smallest absolute Gasteiger partial charge is 0.328 e. The van der Waals surface area contributed by atoms with Gasteiger partial charge < -0.3 is 20.5 Å². The van der Waals surface area contributed by atoms with Gasteiger partial charge in [0.05, 0.1) is 6.61 Å². The monoisotopic (exact) mass is 254 g/mol. The van der Waals surface area contributed by atoms with E-state index in [9.17, 15) is 4.79 Å². The zero-order chi connectivity index (χ0) is 13.5. The molecule has 100 valence electrons. The fourth-order valence-electron chi connectivity index (χ4n) is 1.33. The topological polar surface area (TPSA) is 99.4 Å². The van der Waals surface area contributed by atoms with Crippen LogP contribution in [0.15, 0.2) is 6.07 Å². The van der Waals surface area contributed by atoms with Gasteiger partial charge in [0.15, 0.2) is 5.82 Å². The summed E-state index contributed by atoms with van der Waals surface area (Å²) in [7, 11) is 1.54. The molecule has 1 heterocycles. The second-order valence-corrected chi connectivity index (χ2v) is 3.65. The van der Waals surface area contributed by atoms with Crippen molar-refractivity contribution in [1.82, 2.24) is 9.97 Å². The van der Waals surface area contributed by atoms with Crippen LogP contribution in [0.4, 0.5) is 11.6 Å². The fourth-order valence-corrected chi connectivity index (χ4v) is 1.33. The van der Waals surface area contributed by atoms with Gasteiger partial charge in [-0.1, -0.05) is 0 Å². The summed E-state index contributed by atoms with van der Waals surface area (Å²) in [4.78, 5) is 19.6. The zero-order valence-corrected chi connectivity index (χ0v) is 10.8. The highest BCUT2D eigenvalue weighted by atomic mass is 16.5. The fraction of sp³-hybridized carbons (Fsp3) is 0.545. The Balaban J connectivity index is 2.74. The Bertz CT molecular complexity index is 411. The summed E-state index contributed by atoms with van der Waals surface area (Å²) in [6, 6.07) is 1.05. The molecule has 7 nitrogen and oxygen atoms in total. The number of hydrogen-bond donors (Lipinski definition) is 2. The summed E-state index contributed by atoms with van der Waals surface area (Å²) in [6.45, 7) is 4.04. The van der Waals surface area contributed by atoms with Crippen LogP contribution in [0.3, 0.4) is 0 Å². The zero-order valence-electron chi connectivity index (χ0n) is 10.8. The average molecular weight is 254 g/mol. The van der Waals surface area contributed by atoms with Crippen molar-refractivity contribution < 1.29 is 14.3 Å². The van der Waals surface area contributed by atoms with E-state index in [0.717, 1.165) is 0 Å². The van der Waals surface area contributed by atoms with E-state index in [1.165, 1.54) is 0 Å². The van der Waals surface area contributed by atoms with Crippen LogP contribution in [0.2, 0.25) is 0 Å². The van der Waals surface area contributed by atoms with Gasteiger partial charge in [-0.05, 0) is 13.8 Å². The van der Waals surface area contributed by atoms with E-state index in [2.05, 4.69) is 15.3 Å². The molecule has 1 atom stereocenters. The molecular weight excluding hydrogens is 236 g/mol. The number of aromatic nitrogens is 2. The molecule has 0 spiro atoms. The van der Waals surface area contributed by atoms with Gasteiger partial charge in [0.25, 0.3) is 0 Å². The highest BCUT2D eigenvalue weighted by molar-refractivity contribution is 5.78. The van der Waals surface area contributed by atoms with Gasteiger partial charge in [-0.15, -0.1) is 0 Å². The molecule has 0 amide bonds. The Hall–Kier alpha value is -1.89. The van der Waals surface area contributed by atoms with E-state index in [1.54, 1.807) is 27.0 Å². The number of nitrogens with two attached hydrogens (primary N) is 1. The number of carbonyl (C=O) groups excluding carboxylic acids is 1. The summed E-state index contributed by atoms with van der Waals surface area (Å²) in [5.74, 6) is 0.893. The van der Waals surface area contributed by atoms with Crippen LogP contribution < -0.4 is 11.1 Å². The number of methoxy groups -OCH3 is 1. The molecule has 0 saturated carbocycles. The van der Waals surface area contributed by atoms with Crippen molar-refractivity contribution in [3.05, 3.63) is 11.9 Å². The lowest BCUT2D eigenvalue weighted by atomic mass is 10.3. The maximum Gasteiger partial charge on any atom is 0.328 e. The number of hydrogen-bond acceptors (Lipinski definition) is 7. The van der Waals surface area contributed by atoms with Crippen LogP contribution >= 0.6 is 0 Å². The first kappa shape index (κ1) is 14.2. The molecular formula is C11H18N4O3. The number of ether oxygens (including phenoxy) is 2. The van der Waals surface area contributed by atoms with E-state index in [1.807, 2.05) is 0 Å². The molecule has 0 aromatic carbocycles. The number of nitrogens with zero attached hydrogens (tertiary/aromatic N) is 2. The number of nitrogen functional groups attached to an aromatic ring is 1. The van der Waals surface area contributed by atoms with Crippen LogP contribution in [-0.4, -0.2) is 35.7 Å². The third kappa shape index (κ3) is 4.17. The molecule has 0 aliphatic rings. The number of rotatable bonds is 6. The lowest BCUT2D eigenvalue weighted by Crippen LogP contribution is -2.28. The third-order valence-electron chi connectivity index (χ3n) is 2.07. The van der Waals surface area contributed by atoms with Gasteiger partial charge in [-0.3, -0.25) is 0 Å². The first-order chi connectivity index (χ1) is 8.56. The third-order valence-corrected chi connectivity index (χ3v) is 2.07. The molecule has 1 unspecified atom stereocenters. The molecule has 0 aliphatic carbocycles. The molecule has 0 fully saturated rings. The van der Waals surface area contributed by atoms with Gasteiger partial charge in [-0.25, -0.2) is 14.8 Å². The summed E-state index contributed by atoms with van der Waals surface area (Å²) >= 11 is 0. The molecule has 0 aliphatic heterocycles. The first-order valence-electron chi connectivity index (χ1n) is 5.62. The predicted molar refractivity (Wildman–Crippen MR) is 66.9 cm³/mol. The van der Waals surface area contributed by atoms with Crippen molar-refractivity contribution in [1.29, 1.82) is 0 Å². The van der Waals surface area contributed by atoms with Gasteiger partial charge in [0.2, 0.25) is 0 Å². The largest absolute Gasteiger partial charge is 0.464 e. The predicted octanol–water partition coefficient (Wildman–Crippen LogP) is 0.569. The van der Waals surface area contributed by atoms with Crippen molar-refractivity contribution in [2.45, 2.75) is 26.5 Å². The molecule has 1 aromatic heterocycles. The number of nitrogens with one attached hydrogen (secondary N) is 1. The summed E-state index contributed by atoms with van der Waals surface area (Å²) in [5.41, 5.74) is 5.64. The summed E-state index contributed by atoms with van der Waals surface area (Å²) < 4.78 is 9.81. The quantitative estimate of drug-likeness (QED) is 0.716. The van der Waals surface area contributed by atoms with Crippen LogP contribution in [0.25, 0.3) is 0 Å². The molecule has 18 heavy (non-hydrogen) atoms. The van der Waals surface area contributed by atoms with E-state index >= 15 is 0 Å². The minimum absolute atomic E-state index is 0.257.